The van der Waals surface area contributed by atoms with Crippen molar-refractivity contribution in [3.63, 3.8) is 0 Å². The van der Waals surface area contributed by atoms with Crippen molar-refractivity contribution in [2.45, 2.75) is 93.4 Å². The monoisotopic (exact) mass is 573 g/mol. The summed E-state index contributed by atoms with van der Waals surface area (Å²) >= 11 is 0. The van der Waals surface area contributed by atoms with Crippen LogP contribution >= 0.6 is 0 Å². The first-order chi connectivity index (χ1) is 19.9. The van der Waals surface area contributed by atoms with E-state index in [0.717, 1.165) is 51.7 Å². The average Bonchev–Trinajstić information content (AvgIpc) is 2.88. The molecule has 0 saturated carbocycles. The lowest BCUT2D eigenvalue weighted by molar-refractivity contribution is -0.633. The van der Waals surface area contributed by atoms with E-state index in [1.807, 2.05) is 0 Å². The Morgan fingerprint density at radius 1 is 0.767 bits per heavy atom. The molecule has 0 radical (unpaired) electrons. The van der Waals surface area contributed by atoms with Gasteiger partial charge < -0.3 is 4.74 Å². The number of benzene rings is 3. The van der Waals surface area contributed by atoms with Gasteiger partial charge >= 0.3 is 0 Å². The maximum absolute atomic E-state index is 6.86. The molecule has 2 aromatic heterocycles. The minimum Gasteiger partial charge on any atom is -0.450 e. The maximum atomic E-state index is 6.86. The van der Waals surface area contributed by atoms with Crippen molar-refractivity contribution in [2.75, 3.05) is 0 Å². The number of hydrogen-bond acceptors (Lipinski definition) is 4. The van der Waals surface area contributed by atoms with Crippen LogP contribution in [-0.2, 0) is 24.3 Å². The van der Waals surface area contributed by atoms with Crippen molar-refractivity contribution in [2.24, 2.45) is 12.5 Å². The largest absolute Gasteiger partial charge is 0.450 e. The first-order valence-corrected chi connectivity index (χ1v) is 15.4. The van der Waals surface area contributed by atoms with E-state index in [1.54, 1.807) is 0 Å². The molecule has 43 heavy (non-hydrogen) atoms. The van der Waals surface area contributed by atoms with Gasteiger partial charge in [0.05, 0.1) is 10.9 Å². The Labute approximate surface area is 256 Å². The van der Waals surface area contributed by atoms with Crippen molar-refractivity contribution in [3.8, 4) is 34.1 Å². The Kier molecular flexibility index (Phi) is 6.50. The molecular formula is C38H45N4O+. The lowest BCUT2D eigenvalue weighted by Gasteiger charge is -2.25. The van der Waals surface area contributed by atoms with Crippen LogP contribution in [0.4, 0.5) is 0 Å². The first kappa shape index (κ1) is 29.2. The zero-order chi connectivity index (χ0) is 31.2. The average molecular weight is 574 g/mol. The number of aryl methyl sites for hydroxylation is 2. The summed E-state index contributed by atoms with van der Waals surface area (Å²) in [5, 5.41) is 3.50. The fourth-order valence-corrected chi connectivity index (χ4v) is 6.23. The molecule has 1 aliphatic heterocycles. The highest BCUT2D eigenvalue weighted by Gasteiger charge is 2.33. The second kappa shape index (κ2) is 9.57. The minimum atomic E-state index is -0.211. The molecular weight excluding hydrogens is 528 g/mol. The number of ether oxygens (including phenoxy) is 1. The quantitative estimate of drug-likeness (QED) is 0.194. The number of fused-ring (bicyclic) bond motifs is 3. The Morgan fingerprint density at radius 3 is 2.02 bits per heavy atom. The summed E-state index contributed by atoms with van der Waals surface area (Å²) < 4.78 is 9.15. The Hall–Kier alpha value is -3.86. The summed E-state index contributed by atoms with van der Waals surface area (Å²) in [6, 6.07) is 15.5. The van der Waals surface area contributed by atoms with E-state index in [4.69, 9.17) is 19.7 Å². The molecule has 0 fully saturated rings. The molecule has 0 unspecified atom stereocenters. The van der Waals surface area contributed by atoms with Crippen LogP contribution in [0, 0.1) is 19.3 Å². The van der Waals surface area contributed by atoms with Gasteiger partial charge in [-0.25, -0.2) is 15.0 Å². The molecule has 6 rings (SSSR count). The van der Waals surface area contributed by atoms with Gasteiger partial charge in [0.25, 0.3) is 5.69 Å². The van der Waals surface area contributed by atoms with Gasteiger partial charge in [-0.2, -0.15) is 4.57 Å². The molecule has 5 nitrogen and oxygen atoms in total. The number of rotatable bonds is 2. The predicted molar refractivity (Wildman–Crippen MR) is 177 cm³/mol. The molecule has 222 valence electrons. The second-order valence-corrected chi connectivity index (χ2v) is 15.7. The zero-order valence-electron chi connectivity index (χ0n) is 27.9. The summed E-state index contributed by atoms with van der Waals surface area (Å²) in [6.07, 6.45) is 0.982. The van der Waals surface area contributed by atoms with E-state index in [-0.39, 0.29) is 16.2 Å². The van der Waals surface area contributed by atoms with Crippen molar-refractivity contribution >= 4 is 21.7 Å². The summed E-state index contributed by atoms with van der Waals surface area (Å²) in [5.74, 6) is 4.10. The second-order valence-electron chi connectivity index (χ2n) is 15.7. The van der Waals surface area contributed by atoms with E-state index in [0.29, 0.717) is 5.82 Å². The van der Waals surface area contributed by atoms with Crippen LogP contribution in [0.15, 0.2) is 42.5 Å². The van der Waals surface area contributed by atoms with Crippen molar-refractivity contribution in [3.05, 3.63) is 70.8 Å². The molecule has 0 aliphatic carbocycles. The molecule has 3 heterocycles. The van der Waals surface area contributed by atoms with E-state index in [2.05, 4.69) is 130 Å². The van der Waals surface area contributed by atoms with Crippen LogP contribution in [0.1, 0.15) is 90.7 Å². The van der Waals surface area contributed by atoms with Crippen LogP contribution in [-0.4, -0.2) is 15.0 Å². The zero-order valence-corrected chi connectivity index (χ0v) is 27.9. The summed E-state index contributed by atoms with van der Waals surface area (Å²) in [5.41, 5.74) is 8.08. The molecule has 0 spiro atoms. The third-order valence-corrected chi connectivity index (χ3v) is 8.48. The molecule has 5 aromatic rings. The lowest BCUT2D eigenvalue weighted by Crippen LogP contribution is -2.33. The number of nitrogens with zero attached hydrogens (tertiary/aromatic N) is 4. The van der Waals surface area contributed by atoms with Crippen molar-refractivity contribution in [1.82, 2.24) is 15.0 Å². The van der Waals surface area contributed by atoms with Gasteiger partial charge in [0.2, 0.25) is 5.52 Å². The Bertz CT molecular complexity index is 1920. The molecule has 5 heteroatoms. The van der Waals surface area contributed by atoms with E-state index in [1.165, 1.54) is 33.0 Å². The molecule has 0 N–H and O–H groups in total. The van der Waals surface area contributed by atoms with Crippen molar-refractivity contribution in [1.29, 1.82) is 0 Å². The van der Waals surface area contributed by atoms with E-state index in [9.17, 15) is 0 Å². The van der Waals surface area contributed by atoms with E-state index < -0.39 is 0 Å². The predicted octanol–water partition coefficient (Wildman–Crippen LogP) is 9.24. The van der Waals surface area contributed by atoms with Gasteiger partial charge in [-0.1, -0.05) is 86.6 Å². The SMILES string of the molecule is Cc1cc2cc(CC(C)(C)C)cc3c2c(c1C)-c1c(cc2c(-c4nc(C(C)(C)C)nc(C(C)(C)C)n4)cccc2[n+]1C)O3. The molecule has 0 saturated heterocycles. The summed E-state index contributed by atoms with van der Waals surface area (Å²) in [7, 11) is 2.15. The van der Waals surface area contributed by atoms with Crippen LogP contribution < -0.4 is 9.30 Å². The van der Waals surface area contributed by atoms with E-state index >= 15 is 0 Å². The fourth-order valence-electron chi connectivity index (χ4n) is 6.23. The number of aromatic nitrogens is 4. The van der Waals surface area contributed by atoms with Crippen LogP contribution in [0.5, 0.6) is 11.5 Å². The molecule has 0 bridgehead atoms. The van der Waals surface area contributed by atoms with Gasteiger partial charge in [-0.3, -0.25) is 0 Å². The lowest BCUT2D eigenvalue weighted by atomic mass is 9.85. The highest BCUT2D eigenvalue weighted by atomic mass is 16.5. The van der Waals surface area contributed by atoms with Crippen LogP contribution in [0.3, 0.4) is 0 Å². The standard InChI is InChI=1S/C38H45N4O/c1-21-16-24-17-23(20-36(3,4)5)18-28-31(24)30(22(21)2)32-29(43-28)19-26-25(14-13-15-27(26)42(32)12)33-39-34(37(6,7)8)41-35(40-33)38(9,10)11/h13-19H,20H2,1-12H3/q+1. The van der Waals surface area contributed by atoms with Crippen LogP contribution in [0.2, 0.25) is 0 Å². The van der Waals surface area contributed by atoms with Crippen molar-refractivity contribution < 1.29 is 9.30 Å². The first-order valence-electron chi connectivity index (χ1n) is 15.4. The molecule has 0 atom stereocenters. The fraction of sp³-hybridized carbons (Fsp3) is 0.421. The smallest absolute Gasteiger partial charge is 0.256 e. The molecule has 1 aliphatic rings. The van der Waals surface area contributed by atoms with Gasteiger partial charge in [-0.05, 0) is 53.8 Å². The summed E-state index contributed by atoms with van der Waals surface area (Å²) in [6.45, 7) is 24.2. The van der Waals surface area contributed by atoms with Gasteiger partial charge in [0.15, 0.2) is 11.6 Å². The minimum absolute atomic E-state index is 0.176. The molecule has 3 aromatic carbocycles. The van der Waals surface area contributed by atoms with Gasteiger partial charge in [0, 0.05) is 33.9 Å². The van der Waals surface area contributed by atoms with Crippen LogP contribution in [0.25, 0.3) is 44.3 Å². The number of hydrogen-bond donors (Lipinski definition) is 0. The van der Waals surface area contributed by atoms with Gasteiger partial charge in [0.1, 0.15) is 24.4 Å². The molecule has 0 amide bonds. The third kappa shape index (κ3) is 5.07. The maximum Gasteiger partial charge on any atom is 0.256 e. The highest BCUT2D eigenvalue weighted by molar-refractivity contribution is 6.06. The van der Waals surface area contributed by atoms with Gasteiger partial charge in [-0.15, -0.1) is 0 Å². The Balaban J connectivity index is 1.64. The summed E-state index contributed by atoms with van der Waals surface area (Å²) in [4.78, 5) is 15.0. The normalized spacial score (nSPS) is 13.4. The highest BCUT2D eigenvalue weighted by Crippen LogP contribution is 2.49. The topological polar surface area (TPSA) is 51.8 Å². The Morgan fingerprint density at radius 2 is 1.42 bits per heavy atom. The third-order valence-electron chi connectivity index (χ3n) is 8.48. The number of pyridine rings is 1.